The molecule has 0 aliphatic carbocycles. The van der Waals surface area contributed by atoms with E-state index in [4.69, 9.17) is 9.26 Å². The van der Waals surface area contributed by atoms with Crippen molar-refractivity contribution in [2.75, 3.05) is 7.05 Å². The van der Waals surface area contributed by atoms with Crippen LogP contribution >= 0.6 is 31.9 Å². The van der Waals surface area contributed by atoms with Crippen LogP contribution in [0.15, 0.2) is 37.9 Å². The minimum absolute atomic E-state index is 0.350. The van der Waals surface area contributed by atoms with Crippen molar-refractivity contribution in [3.8, 4) is 5.75 Å². The zero-order valence-corrected chi connectivity index (χ0v) is 12.9. The molecule has 6 heteroatoms. The summed E-state index contributed by atoms with van der Waals surface area (Å²) < 4.78 is 12.5. The molecule has 1 aromatic carbocycles. The van der Waals surface area contributed by atoms with E-state index in [1.165, 1.54) is 5.56 Å². The number of nitrogens with zero attached hydrogens (tertiary/aromatic N) is 1. The predicted octanol–water partition coefficient (Wildman–Crippen LogP) is 3.50. The van der Waals surface area contributed by atoms with E-state index in [-0.39, 0.29) is 0 Å². The fraction of sp³-hybridized carbons (Fsp3) is 0.250. The smallest absolute Gasteiger partial charge is 0.174 e. The second-order valence-electron chi connectivity index (χ2n) is 3.69. The zero-order valence-electron chi connectivity index (χ0n) is 9.74. The molecular weight excluding hydrogens is 364 g/mol. The SMILES string of the molecule is CNCc1cc(Br)c(OCc2ccno2)c(Br)c1. The van der Waals surface area contributed by atoms with Crippen molar-refractivity contribution in [1.29, 1.82) is 0 Å². The first-order chi connectivity index (χ1) is 8.70. The van der Waals surface area contributed by atoms with Crippen LogP contribution < -0.4 is 10.1 Å². The van der Waals surface area contributed by atoms with E-state index in [2.05, 4.69) is 42.3 Å². The highest BCUT2D eigenvalue weighted by Crippen LogP contribution is 2.35. The molecule has 0 atom stereocenters. The molecule has 1 N–H and O–H groups in total. The first kappa shape index (κ1) is 13.6. The number of halogens is 2. The molecule has 0 bridgehead atoms. The van der Waals surface area contributed by atoms with Crippen molar-refractivity contribution in [3.05, 3.63) is 44.7 Å². The van der Waals surface area contributed by atoms with E-state index in [0.29, 0.717) is 12.4 Å². The molecule has 18 heavy (non-hydrogen) atoms. The molecule has 0 fully saturated rings. The molecule has 0 aliphatic rings. The van der Waals surface area contributed by atoms with E-state index in [1.807, 2.05) is 19.2 Å². The summed E-state index contributed by atoms with van der Waals surface area (Å²) in [4.78, 5) is 0. The van der Waals surface area contributed by atoms with Crippen LogP contribution in [0.3, 0.4) is 0 Å². The van der Waals surface area contributed by atoms with Gasteiger partial charge in [0.25, 0.3) is 0 Å². The third-order valence-electron chi connectivity index (χ3n) is 2.29. The lowest BCUT2D eigenvalue weighted by Gasteiger charge is -2.11. The molecule has 0 amide bonds. The van der Waals surface area contributed by atoms with Crippen molar-refractivity contribution in [2.24, 2.45) is 0 Å². The zero-order chi connectivity index (χ0) is 13.0. The summed E-state index contributed by atoms with van der Waals surface area (Å²) in [6, 6.07) is 5.82. The maximum absolute atomic E-state index is 5.70. The summed E-state index contributed by atoms with van der Waals surface area (Å²) in [5.41, 5.74) is 1.17. The van der Waals surface area contributed by atoms with Gasteiger partial charge in [0.2, 0.25) is 0 Å². The summed E-state index contributed by atoms with van der Waals surface area (Å²) in [6.45, 7) is 1.15. The number of hydrogen-bond acceptors (Lipinski definition) is 4. The van der Waals surface area contributed by atoms with Crippen LogP contribution in [0, 0.1) is 0 Å². The molecule has 2 aromatic rings. The maximum Gasteiger partial charge on any atom is 0.174 e. The lowest BCUT2D eigenvalue weighted by Crippen LogP contribution is -2.05. The Labute approximate surface area is 122 Å². The Bertz CT molecular complexity index is 492. The van der Waals surface area contributed by atoms with Crippen LogP contribution in [0.5, 0.6) is 5.75 Å². The Kier molecular flexibility index (Phi) is 4.79. The molecule has 0 unspecified atom stereocenters. The average molecular weight is 376 g/mol. The van der Waals surface area contributed by atoms with Gasteiger partial charge in [0, 0.05) is 12.6 Å². The van der Waals surface area contributed by atoms with Crippen LogP contribution in [0.2, 0.25) is 0 Å². The monoisotopic (exact) mass is 374 g/mol. The van der Waals surface area contributed by atoms with Crippen molar-refractivity contribution in [3.63, 3.8) is 0 Å². The second kappa shape index (κ2) is 6.36. The third-order valence-corrected chi connectivity index (χ3v) is 3.47. The van der Waals surface area contributed by atoms with Crippen molar-refractivity contribution in [1.82, 2.24) is 10.5 Å². The Morgan fingerprint density at radius 2 is 2.06 bits per heavy atom. The van der Waals surface area contributed by atoms with E-state index in [9.17, 15) is 0 Å². The van der Waals surface area contributed by atoms with Gasteiger partial charge in [0.15, 0.2) is 5.76 Å². The number of benzene rings is 1. The van der Waals surface area contributed by atoms with Crippen molar-refractivity contribution < 1.29 is 9.26 Å². The molecule has 1 aromatic heterocycles. The van der Waals surface area contributed by atoms with Gasteiger partial charge in [-0.2, -0.15) is 0 Å². The molecule has 1 heterocycles. The van der Waals surface area contributed by atoms with Crippen LogP contribution in [-0.2, 0) is 13.2 Å². The van der Waals surface area contributed by atoms with Gasteiger partial charge in [0.1, 0.15) is 12.4 Å². The van der Waals surface area contributed by atoms with Gasteiger partial charge < -0.3 is 14.6 Å². The van der Waals surface area contributed by atoms with Crippen LogP contribution in [0.25, 0.3) is 0 Å². The third kappa shape index (κ3) is 3.34. The van der Waals surface area contributed by atoms with Crippen molar-refractivity contribution in [2.45, 2.75) is 13.2 Å². The topological polar surface area (TPSA) is 47.3 Å². The molecule has 0 radical (unpaired) electrons. The van der Waals surface area contributed by atoms with Gasteiger partial charge in [-0.25, -0.2) is 0 Å². The Hall–Kier alpha value is -0.850. The number of rotatable bonds is 5. The minimum Gasteiger partial charge on any atom is -0.483 e. The van der Waals surface area contributed by atoms with Gasteiger partial charge in [-0.1, -0.05) is 5.16 Å². The average Bonchev–Trinajstić information content (AvgIpc) is 2.81. The van der Waals surface area contributed by atoms with Gasteiger partial charge in [0.05, 0.1) is 15.1 Å². The van der Waals surface area contributed by atoms with Gasteiger partial charge in [-0.3, -0.25) is 0 Å². The number of aromatic nitrogens is 1. The minimum atomic E-state index is 0.350. The lowest BCUT2D eigenvalue weighted by molar-refractivity contribution is 0.247. The van der Waals surface area contributed by atoms with Crippen LogP contribution in [0.1, 0.15) is 11.3 Å². The van der Waals surface area contributed by atoms with E-state index >= 15 is 0 Å². The van der Waals surface area contributed by atoms with Crippen LogP contribution in [0.4, 0.5) is 0 Å². The Balaban J connectivity index is 2.12. The first-order valence-corrected chi connectivity index (χ1v) is 6.94. The van der Waals surface area contributed by atoms with Crippen molar-refractivity contribution >= 4 is 31.9 Å². The molecule has 4 nitrogen and oxygen atoms in total. The molecular formula is C12H12Br2N2O2. The Morgan fingerprint density at radius 1 is 1.33 bits per heavy atom. The molecule has 0 spiro atoms. The summed E-state index contributed by atoms with van der Waals surface area (Å²) in [7, 11) is 1.91. The van der Waals surface area contributed by atoms with E-state index in [0.717, 1.165) is 21.2 Å². The largest absolute Gasteiger partial charge is 0.483 e. The fourth-order valence-electron chi connectivity index (χ4n) is 1.52. The van der Waals surface area contributed by atoms with Gasteiger partial charge in [-0.05, 0) is 56.6 Å². The van der Waals surface area contributed by atoms with Gasteiger partial charge >= 0.3 is 0 Å². The Morgan fingerprint density at radius 3 is 2.61 bits per heavy atom. The highest BCUT2D eigenvalue weighted by Gasteiger charge is 2.10. The fourth-order valence-corrected chi connectivity index (χ4v) is 3.03. The summed E-state index contributed by atoms with van der Waals surface area (Å²) >= 11 is 7.01. The standard InChI is InChI=1S/C12H12Br2N2O2/c1-15-6-8-4-10(13)12(11(14)5-8)17-7-9-2-3-16-18-9/h2-5,15H,6-7H2,1H3. The summed E-state index contributed by atoms with van der Waals surface area (Å²) in [5, 5.41) is 6.74. The highest BCUT2D eigenvalue weighted by molar-refractivity contribution is 9.11. The molecule has 96 valence electrons. The molecule has 2 rings (SSSR count). The van der Waals surface area contributed by atoms with E-state index < -0.39 is 0 Å². The van der Waals surface area contributed by atoms with Gasteiger partial charge in [-0.15, -0.1) is 0 Å². The molecule has 0 aliphatic heterocycles. The highest BCUT2D eigenvalue weighted by atomic mass is 79.9. The van der Waals surface area contributed by atoms with E-state index in [1.54, 1.807) is 12.3 Å². The number of nitrogens with one attached hydrogen (secondary N) is 1. The predicted molar refractivity (Wildman–Crippen MR) is 75.4 cm³/mol. The van der Waals surface area contributed by atoms with Crippen LogP contribution in [-0.4, -0.2) is 12.2 Å². The quantitative estimate of drug-likeness (QED) is 0.868. The summed E-state index contributed by atoms with van der Waals surface area (Å²) in [5.74, 6) is 1.44. The number of hydrogen-bond donors (Lipinski definition) is 1. The second-order valence-corrected chi connectivity index (χ2v) is 5.40. The summed E-state index contributed by atoms with van der Waals surface area (Å²) in [6.07, 6.45) is 1.60. The number of ether oxygens (including phenoxy) is 1. The normalized spacial score (nSPS) is 10.6. The molecule has 0 saturated heterocycles. The lowest BCUT2D eigenvalue weighted by atomic mass is 10.2. The molecule has 0 saturated carbocycles. The first-order valence-electron chi connectivity index (χ1n) is 5.35. The maximum atomic E-state index is 5.70.